The van der Waals surface area contributed by atoms with Gasteiger partial charge in [-0.15, -0.1) is 0 Å². The van der Waals surface area contributed by atoms with E-state index in [-0.39, 0.29) is 0 Å². The lowest BCUT2D eigenvalue weighted by atomic mass is 10.1. The van der Waals surface area contributed by atoms with E-state index in [0.717, 1.165) is 42.3 Å². The lowest BCUT2D eigenvalue weighted by Gasteiger charge is -2.18. The first-order valence-corrected chi connectivity index (χ1v) is 7.68. The molecule has 0 bridgehead atoms. The summed E-state index contributed by atoms with van der Waals surface area (Å²) < 4.78 is 11.3. The van der Waals surface area contributed by atoms with Crippen LogP contribution in [-0.4, -0.2) is 44.6 Å². The van der Waals surface area contributed by atoms with E-state index in [2.05, 4.69) is 15.2 Å². The van der Waals surface area contributed by atoms with Gasteiger partial charge in [-0.05, 0) is 38.4 Å². The molecule has 2 aliphatic heterocycles. The number of hydrogen-bond donors (Lipinski definition) is 1. The number of benzene rings is 1. The molecule has 1 aromatic rings. The Morgan fingerprint density at radius 2 is 2.10 bits per heavy atom. The molecule has 0 amide bonds. The highest BCUT2D eigenvalue weighted by molar-refractivity contribution is 5.81. The number of likely N-dealkylation sites (tertiary alicyclic amines) is 1. The monoisotopic (exact) mass is 289 g/mol. The molecule has 0 saturated carbocycles. The third kappa shape index (κ3) is 3.47. The number of rotatable bonds is 6. The maximum atomic E-state index is 5.92. The van der Waals surface area contributed by atoms with Crippen molar-refractivity contribution in [3.8, 4) is 11.5 Å². The number of ether oxygens (including phenoxy) is 2. The number of aliphatic imine (C=N–C) groups is 1. The van der Waals surface area contributed by atoms with Crippen molar-refractivity contribution in [2.75, 3.05) is 38.7 Å². The fourth-order valence-corrected chi connectivity index (χ4v) is 2.88. The second-order valence-corrected chi connectivity index (χ2v) is 5.53. The van der Waals surface area contributed by atoms with Gasteiger partial charge in [-0.2, -0.15) is 0 Å². The number of methoxy groups -OCH3 is 1. The molecule has 0 aliphatic carbocycles. The third-order valence-corrected chi connectivity index (χ3v) is 4.04. The van der Waals surface area contributed by atoms with Crippen LogP contribution in [0.25, 0.3) is 0 Å². The Morgan fingerprint density at radius 3 is 2.90 bits per heavy atom. The lowest BCUT2D eigenvalue weighted by Crippen LogP contribution is -2.22. The van der Waals surface area contributed by atoms with Crippen LogP contribution in [0.15, 0.2) is 17.1 Å². The minimum absolute atomic E-state index is 0.688. The lowest BCUT2D eigenvalue weighted by molar-refractivity contribution is 0.254. The topological polar surface area (TPSA) is 46.1 Å². The van der Waals surface area contributed by atoms with Crippen LogP contribution < -0.4 is 14.8 Å². The zero-order valence-corrected chi connectivity index (χ0v) is 12.6. The molecule has 114 valence electrons. The molecular formula is C16H23N3O2. The van der Waals surface area contributed by atoms with Gasteiger partial charge in [-0.25, -0.2) is 0 Å². The van der Waals surface area contributed by atoms with E-state index in [1.807, 2.05) is 12.1 Å². The summed E-state index contributed by atoms with van der Waals surface area (Å²) in [4.78, 5) is 6.71. The van der Waals surface area contributed by atoms with Crippen LogP contribution in [-0.2, 0) is 6.54 Å². The molecule has 1 N–H and O–H groups in total. The van der Waals surface area contributed by atoms with Crippen molar-refractivity contribution in [3.05, 3.63) is 17.7 Å². The second kappa shape index (κ2) is 6.80. The van der Waals surface area contributed by atoms with Crippen LogP contribution in [0.2, 0.25) is 0 Å². The van der Waals surface area contributed by atoms with E-state index in [1.54, 1.807) is 13.4 Å². The summed E-state index contributed by atoms with van der Waals surface area (Å²) in [7, 11) is 1.68. The molecule has 0 spiro atoms. The van der Waals surface area contributed by atoms with Crippen LogP contribution in [0.4, 0.5) is 5.69 Å². The average Bonchev–Trinajstić information content (AvgIpc) is 3.04. The van der Waals surface area contributed by atoms with E-state index in [0.29, 0.717) is 6.54 Å². The highest BCUT2D eigenvalue weighted by Gasteiger charge is 2.14. The molecule has 1 fully saturated rings. The van der Waals surface area contributed by atoms with Crippen molar-refractivity contribution in [2.45, 2.75) is 25.8 Å². The van der Waals surface area contributed by atoms with Gasteiger partial charge in [-0.3, -0.25) is 4.99 Å². The highest BCUT2D eigenvalue weighted by atomic mass is 16.5. The molecule has 5 heteroatoms. The van der Waals surface area contributed by atoms with Crippen LogP contribution in [0, 0.1) is 0 Å². The second-order valence-electron chi connectivity index (χ2n) is 5.53. The Bertz CT molecular complexity index is 510. The van der Waals surface area contributed by atoms with Crippen LogP contribution >= 0.6 is 0 Å². The van der Waals surface area contributed by atoms with Crippen molar-refractivity contribution in [1.82, 2.24) is 4.90 Å². The van der Waals surface area contributed by atoms with Crippen molar-refractivity contribution < 1.29 is 9.47 Å². The standard InChI is InChI=1S/C16H23N3O2/c1-20-15-9-13-11-17-12-18-14(13)10-16(15)21-8-4-7-19-5-2-3-6-19/h9-10,12H,2-8,11H2,1H3,(H,17,18). The maximum Gasteiger partial charge on any atom is 0.163 e. The molecular weight excluding hydrogens is 266 g/mol. The van der Waals surface area contributed by atoms with Gasteiger partial charge in [-0.1, -0.05) is 0 Å². The summed E-state index contributed by atoms with van der Waals surface area (Å²) in [6, 6.07) is 4.02. The minimum atomic E-state index is 0.688. The SMILES string of the molecule is COc1cc2c(cc1OCCCN1CCCC1)NC=NC2. The molecule has 1 aromatic carbocycles. The molecule has 0 radical (unpaired) electrons. The molecule has 0 atom stereocenters. The summed E-state index contributed by atoms with van der Waals surface area (Å²) in [5, 5.41) is 3.15. The van der Waals surface area contributed by atoms with Crippen LogP contribution in [0.1, 0.15) is 24.8 Å². The van der Waals surface area contributed by atoms with Crippen molar-refractivity contribution in [2.24, 2.45) is 4.99 Å². The number of hydrogen-bond acceptors (Lipinski definition) is 5. The minimum Gasteiger partial charge on any atom is -0.493 e. The van der Waals surface area contributed by atoms with Crippen LogP contribution in [0.5, 0.6) is 11.5 Å². The molecule has 1 saturated heterocycles. The van der Waals surface area contributed by atoms with Gasteiger partial charge in [0.2, 0.25) is 0 Å². The highest BCUT2D eigenvalue weighted by Crippen LogP contribution is 2.34. The van der Waals surface area contributed by atoms with Crippen molar-refractivity contribution in [3.63, 3.8) is 0 Å². The zero-order chi connectivity index (χ0) is 14.5. The Balaban J connectivity index is 1.56. The normalized spacial score (nSPS) is 17.4. The number of nitrogens with zero attached hydrogens (tertiary/aromatic N) is 2. The summed E-state index contributed by atoms with van der Waals surface area (Å²) >= 11 is 0. The molecule has 21 heavy (non-hydrogen) atoms. The van der Waals surface area contributed by atoms with Crippen LogP contribution in [0.3, 0.4) is 0 Å². The number of nitrogens with one attached hydrogen (secondary N) is 1. The first-order valence-electron chi connectivity index (χ1n) is 7.68. The quantitative estimate of drug-likeness (QED) is 0.817. The molecule has 2 heterocycles. The molecule has 3 rings (SSSR count). The van der Waals surface area contributed by atoms with Gasteiger partial charge in [0.25, 0.3) is 0 Å². The first-order chi connectivity index (χ1) is 10.4. The smallest absolute Gasteiger partial charge is 0.163 e. The first kappa shape index (κ1) is 14.2. The van der Waals surface area contributed by atoms with E-state index < -0.39 is 0 Å². The van der Waals surface area contributed by atoms with Crippen molar-refractivity contribution >= 4 is 12.0 Å². The van der Waals surface area contributed by atoms with E-state index >= 15 is 0 Å². The largest absolute Gasteiger partial charge is 0.493 e. The summed E-state index contributed by atoms with van der Waals surface area (Å²) in [6.45, 7) is 5.02. The average molecular weight is 289 g/mol. The Morgan fingerprint density at radius 1 is 1.24 bits per heavy atom. The molecule has 5 nitrogen and oxygen atoms in total. The van der Waals surface area contributed by atoms with E-state index in [9.17, 15) is 0 Å². The Labute approximate surface area is 126 Å². The fourth-order valence-electron chi connectivity index (χ4n) is 2.88. The molecule has 0 unspecified atom stereocenters. The van der Waals surface area contributed by atoms with Gasteiger partial charge in [0.15, 0.2) is 11.5 Å². The zero-order valence-electron chi connectivity index (χ0n) is 12.6. The Kier molecular flexibility index (Phi) is 4.60. The number of anilines is 1. The predicted molar refractivity (Wildman–Crippen MR) is 84.6 cm³/mol. The summed E-state index contributed by atoms with van der Waals surface area (Å²) in [6.07, 6.45) is 5.46. The molecule has 2 aliphatic rings. The van der Waals surface area contributed by atoms with Gasteiger partial charge in [0, 0.05) is 23.9 Å². The van der Waals surface area contributed by atoms with Gasteiger partial charge in [0.05, 0.1) is 26.6 Å². The fraction of sp³-hybridized carbons (Fsp3) is 0.562. The maximum absolute atomic E-state index is 5.92. The number of fused-ring (bicyclic) bond motifs is 1. The van der Waals surface area contributed by atoms with E-state index in [4.69, 9.17) is 9.47 Å². The molecule has 0 aromatic heterocycles. The van der Waals surface area contributed by atoms with Gasteiger partial charge in [0.1, 0.15) is 0 Å². The van der Waals surface area contributed by atoms with Gasteiger partial charge >= 0.3 is 0 Å². The summed E-state index contributed by atoms with van der Waals surface area (Å²) in [5.41, 5.74) is 2.19. The van der Waals surface area contributed by atoms with E-state index in [1.165, 1.54) is 25.9 Å². The van der Waals surface area contributed by atoms with Gasteiger partial charge < -0.3 is 19.7 Å². The predicted octanol–water partition coefficient (Wildman–Crippen LogP) is 2.51. The third-order valence-electron chi connectivity index (χ3n) is 4.04. The summed E-state index contributed by atoms with van der Waals surface area (Å²) in [5.74, 6) is 1.59. The Hall–Kier alpha value is -1.75. The van der Waals surface area contributed by atoms with Crippen molar-refractivity contribution in [1.29, 1.82) is 0 Å².